The first-order valence-electron chi connectivity index (χ1n) is 10.3. The third kappa shape index (κ3) is 5.43. The summed E-state index contributed by atoms with van der Waals surface area (Å²) in [4.78, 5) is 28.0. The average molecular weight is 504 g/mol. The molecular weight excluding hydrogens is 483 g/mol. The van der Waals surface area contributed by atoms with Gasteiger partial charge >= 0.3 is 12.1 Å². The van der Waals surface area contributed by atoms with Crippen LogP contribution < -0.4 is 0 Å². The Hall–Kier alpha value is -3.93. The number of alkyl halides is 3. The summed E-state index contributed by atoms with van der Waals surface area (Å²) in [5.74, 6) is -2.70. The second-order valence-electron chi connectivity index (χ2n) is 7.82. The molecule has 0 aromatic carbocycles. The molecular formula is C23H20F3N5O3S. The van der Waals surface area contributed by atoms with Crippen molar-refractivity contribution in [1.82, 2.24) is 24.2 Å². The van der Waals surface area contributed by atoms with Crippen molar-refractivity contribution >= 4 is 23.2 Å². The first-order valence-corrected chi connectivity index (χ1v) is 11.3. The zero-order chi connectivity index (χ0) is 25.2. The standard InChI is InChI=1S/C21H19N5OS.C2HF3O2/c1-24-7-4-18-19(24)13-25(21(27)16-5-8-28-14-16)11-17-12-26(23-20(17)18)10-15-3-2-6-22-9-15;3-2(4,5)1(6)7/h2-9,12,14H,10-11,13H2,1H3;(H,6,7). The number of hydrogen-bond acceptors (Lipinski definition) is 5. The zero-order valence-electron chi connectivity index (χ0n) is 18.4. The van der Waals surface area contributed by atoms with Crippen LogP contribution in [0.4, 0.5) is 13.2 Å². The summed E-state index contributed by atoms with van der Waals surface area (Å²) < 4.78 is 35.8. The Morgan fingerprint density at radius 1 is 1.20 bits per heavy atom. The topological polar surface area (TPSA) is 93.3 Å². The van der Waals surface area contributed by atoms with Crippen molar-refractivity contribution in [1.29, 1.82) is 0 Å². The summed E-state index contributed by atoms with van der Waals surface area (Å²) in [6, 6.07) is 7.95. The van der Waals surface area contributed by atoms with Crippen molar-refractivity contribution in [3.63, 3.8) is 0 Å². The quantitative estimate of drug-likeness (QED) is 0.453. The predicted octanol–water partition coefficient (Wildman–Crippen LogP) is 4.18. The van der Waals surface area contributed by atoms with E-state index >= 15 is 0 Å². The summed E-state index contributed by atoms with van der Waals surface area (Å²) in [6.07, 6.45) is 2.63. The van der Waals surface area contributed by atoms with Crippen LogP contribution in [-0.2, 0) is 31.5 Å². The molecule has 1 amide bonds. The Kier molecular flexibility index (Phi) is 6.74. The van der Waals surface area contributed by atoms with E-state index in [1.54, 1.807) is 17.5 Å². The van der Waals surface area contributed by atoms with E-state index < -0.39 is 12.1 Å². The molecule has 0 radical (unpaired) electrons. The second kappa shape index (κ2) is 9.74. The van der Waals surface area contributed by atoms with Gasteiger partial charge < -0.3 is 14.6 Å². The van der Waals surface area contributed by atoms with Gasteiger partial charge in [-0.1, -0.05) is 6.07 Å². The van der Waals surface area contributed by atoms with Crippen molar-refractivity contribution in [2.45, 2.75) is 25.8 Å². The Bertz CT molecular complexity index is 1330. The van der Waals surface area contributed by atoms with E-state index in [9.17, 15) is 18.0 Å². The fourth-order valence-electron chi connectivity index (χ4n) is 3.69. The summed E-state index contributed by atoms with van der Waals surface area (Å²) in [5, 5.41) is 15.8. The molecule has 0 unspecified atom stereocenters. The van der Waals surface area contributed by atoms with E-state index in [-0.39, 0.29) is 5.91 Å². The number of carboxylic acid groups (broad SMARTS) is 1. The van der Waals surface area contributed by atoms with Crippen LogP contribution in [0.15, 0.2) is 59.8 Å². The normalized spacial score (nSPS) is 12.7. The lowest BCUT2D eigenvalue weighted by Gasteiger charge is -2.21. The molecule has 5 rings (SSSR count). The molecule has 0 bridgehead atoms. The van der Waals surface area contributed by atoms with Crippen molar-refractivity contribution < 1.29 is 27.9 Å². The molecule has 1 aliphatic heterocycles. The van der Waals surface area contributed by atoms with E-state index in [2.05, 4.69) is 21.8 Å². The van der Waals surface area contributed by atoms with Crippen LogP contribution in [0.1, 0.15) is 27.2 Å². The summed E-state index contributed by atoms with van der Waals surface area (Å²) >= 11 is 1.54. The number of hydrogen-bond donors (Lipinski definition) is 1. The smallest absolute Gasteiger partial charge is 0.475 e. The van der Waals surface area contributed by atoms with Gasteiger partial charge in [0, 0.05) is 54.0 Å². The Morgan fingerprint density at radius 2 is 1.97 bits per heavy atom. The van der Waals surface area contributed by atoms with Gasteiger partial charge in [-0.25, -0.2) is 4.79 Å². The second-order valence-corrected chi connectivity index (χ2v) is 8.60. The molecule has 8 nitrogen and oxygen atoms in total. The van der Waals surface area contributed by atoms with E-state index in [1.807, 2.05) is 58.0 Å². The summed E-state index contributed by atoms with van der Waals surface area (Å²) in [6.45, 7) is 1.78. The molecule has 0 saturated heterocycles. The van der Waals surface area contributed by atoms with E-state index in [1.165, 1.54) is 0 Å². The molecule has 0 aliphatic carbocycles. The summed E-state index contributed by atoms with van der Waals surface area (Å²) in [7, 11) is 2.02. The highest BCUT2D eigenvalue weighted by Crippen LogP contribution is 2.33. The fourth-order valence-corrected chi connectivity index (χ4v) is 4.32. The Morgan fingerprint density at radius 3 is 2.60 bits per heavy atom. The fraction of sp³-hybridized carbons (Fsp3) is 0.217. The van der Waals surface area contributed by atoms with Crippen LogP contribution in [0, 0.1) is 0 Å². The first-order chi connectivity index (χ1) is 16.6. The van der Waals surface area contributed by atoms with Gasteiger partial charge in [0.05, 0.1) is 30.9 Å². The predicted molar refractivity (Wildman–Crippen MR) is 122 cm³/mol. The number of halogens is 3. The number of rotatable bonds is 3. The number of carboxylic acids is 1. The number of fused-ring (bicyclic) bond motifs is 3. The maximum atomic E-state index is 13.1. The number of carbonyl (C=O) groups is 2. The third-order valence-corrected chi connectivity index (χ3v) is 6.04. The van der Waals surface area contributed by atoms with Gasteiger partial charge in [0.1, 0.15) is 0 Å². The molecule has 4 aromatic rings. The highest BCUT2D eigenvalue weighted by atomic mass is 32.1. The number of thiophene rings is 1. The van der Waals surface area contributed by atoms with Crippen LogP contribution in [0.25, 0.3) is 11.3 Å². The highest BCUT2D eigenvalue weighted by Gasteiger charge is 2.38. The van der Waals surface area contributed by atoms with Gasteiger partial charge in [-0.15, -0.1) is 0 Å². The van der Waals surface area contributed by atoms with Gasteiger partial charge in [0.2, 0.25) is 0 Å². The van der Waals surface area contributed by atoms with Gasteiger partial charge in [0.15, 0.2) is 0 Å². The largest absolute Gasteiger partial charge is 0.490 e. The van der Waals surface area contributed by atoms with Crippen molar-refractivity contribution in [2.75, 3.05) is 0 Å². The minimum atomic E-state index is -5.08. The van der Waals surface area contributed by atoms with Crippen LogP contribution >= 0.6 is 11.3 Å². The van der Waals surface area contributed by atoms with Crippen LogP contribution in [0.2, 0.25) is 0 Å². The molecule has 12 heteroatoms. The minimum Gasteiger partial charge on any atom is -0.475 e. The summed E-state index contributed by atoms with van der Waals surface area (Å²) in [5.41, 5.74) is 6.07. The van der Waals surface area contributed by atoms with Gasteiger partial charge in [-0.2, -0.15) is 29.6 Å². The molecule has 0 saturated carbocycles. The van der Waals surface area contributed by atoms with E-state index in [0.29, 0.717) is 19.6 Å². The lowest BCUT2D eigenvalue weighted by molar-refractivity contribution is -0.192. The number of aromatic nitrogens is 4. The van der Waals surface area contributed by atoms with Gasteiger partial charge in [-0.05, 0) is 29.1 Å². The number of aryl methyl sites for hydroxylation is 1. The highest BCUT2D eigenvalue weighted by molar-refractivity contribution is 7.08. The molecule has 1 aliphatic rings. The number of pyridine rings is 1. The molecule has 182 valence electrons. The number of carbonyl (C=O) groups excluding carboxylic acids is 1. The lowest BCUT2D eigenvalue weighted by atomic mass is 10.1. The maximum absolute atomic E-state index is 13.1. The number of aliphatic carboxylic acids is 1. The monoisotopic (exact) mass is 503 g/mol. The van der Waals surface area contributed by atoms with E-state index in [0.717, 1.165) is 33.6 Å². The molecule has 0 spiro atoms. The molecule has 4 aromatic heterocycles. The minimum absolute atomic E-state index is 0.0567. The third-order valence-electron chi connectivity index (χ3n) is 5.36. The Labute approximate surface area is 201 Å². The molecule has 35 heavy (non-hydrogen) atoms. The van der Waals surface area contributed by atoms with Gasteiger partial charge in [0.25, 0.3) is 5.91 Å². The zero-order valence-corrected chi connectivity index (χ0v) is 19.3. The molecule has 0 atom stereocenters. The molecule has 5 heterocycles. The SMILES string of the molecule is Cn1ccc2c1CN(C(=O)c1ccsc1)Cc1cn(Cc3cccnc3)nc1-2.O=C(O)C(F)(F)F. The number of amides is 1. The average Bonchev–Trinajstić information content (AvgIpc) is 3.53. The Balaban J connectivity index is 0.000000364. The van der Waals surface area contributed by atoms with Crippen molar-refractivity contribution in [3.05, 3.63) is 82.2 Å². The van der Waals surface area contributed by atoms with E-state index in [4.69, 9.17) is 15.0 Å². The molecule has 1 N–H and O–H groups in total. The lowest BCUT2D eigenvalue weighted by Crippen LogP contribution is -2.29. The van der Waals surface area contributed by atoms with Crippen LogP contribution in [0.3, 0.4) is 0 Å². The van der Waals surface area contributed by atoms with Crippen molar-refractivity contribution in [2.24, 2.45) is 7.05 Å². The van der Waals surface area contributed by atoms with Crippen LogP contribution in [-0.4, -0.2) is 47.4 Å². The van der Waals surface area contributed by atoms with Crippen LogP contribution in [0.5, 0.6) is 0 Å². The first kappa shape index (κ1) is 24.2. The van der Waals surface area contributed by atoms with Crippen molar-refractivity contribution in [3.8, 4) is 11.3 Å². The molecule has 0 fully saturated rings. The number of nitrogens with zero attached hydrogens (tertiary/aromatic N) is 5. The van der Waals surface area contributed by atoms with Gasteiger partial charge in [-0.3, -0.25) is 14.5 Å². The maximum Gasteiger partial charge on any atom is 0.490 e.